The van der Waals surface area contributed by atoms with Gasteiger partial charge in [0.05, 0.1) is 22.4 Å². The third-order valence-electron chi connectivity index (χ3n) is 8.79. The molecule has 0 amide bonds. The molecular weight excluding hydrogens is 546 g/mol. The largest absolute Gasteiger partial charge is 0.309 e. The van der Waals surface area contributed by atoms with Crippen LogP contribution >= 0.6 is 0 Å². The molecule has 0 saturated carbocycles. The first kappa shape index (κ1) is 25.4. The fourth-order valence-electron chi connectivity index (χ4n) is 6.67. The maximum Gasteiger partial charge on any atom is 0.160 e. The Morgan fingerprint density at radius 2 is 0.956 bits per heavy atom. The van der Waals surface area contributed by atoms with Gasteiger partial charge in [-0.2, -0.15) is 0 Å². The average Bonchev–Trinajstić information content (AvgIpc) is 3.48. The lowest BCUT2D eigenvalue weighted by atomic mass is 10.0. The van der Waals surface area contributed by atoms with E-state index in [2.05, 4.69) is 132 Å². The molecule has 0 N–H and O–H groups in total. The van der Waals surface area contributed by atoms with Crippen LogP contribution in [0.4, 0.5) is 0 Å². The van der Waals surface area contributed by atoms with Gasteiger partial charge in [0.2, 0.25) is 0 Å². The molecule has 9 rings (SSSR count). The Morgan fingerprint density at radius 1 is 0.400 bits per heavy atom. The van der Waals surface area contributed by atoms with Gasteiger partial charge in [-0.3, -0.25) is 0 Å². The van der Waals surface area contributed by atoms with Gasteiger partial charge in [-0.05, 0) is 52.6 Å². The van der Waals surface area contributed by atoms with Gasteiger partial charge in [-0.25, -0.2) is 9.97 Å². The van der Waals surface area contributed by atoms with Crippen LogP contribution in [0, 0.1) is 0 Å². The first-order chi connectivity index (χ1) is 22.3. The van der Waals surface area contributed by atoms with Crippen molar-refractivity contribution in [1.82, 2.24) is 14.5 Å². The van der Waals surface area contributed by atoms with E-state index in [1.807, 2.05) is 36.4 Å². The summed E-state index contributed by atoms with van der Waals surface area (Å²) in [6, 6.07) is 57.8. The zero-order valence-corrected chi connectivity index (χ0v) is 24.4. The third-order valence-corrected chi connectivity index (χ3v) is 8.79. The summed E-state index contributed by atoms with van der Waals surface area (Å²) in [7, 11) is 0. The van der Waals surface area contributed by atoms with Crippen LogP contribution in [-0.2, 0) is 0 Å². The maximum atomic E-state index is 5.05. The van der Waals surface area contributed by atoms with Crippen molar-refractivity contribution in [2.45, 2.75) is 0 Å². The van der Waals surface area contributed by atoms with Crippen molar-refractivity contribution < 1.29 is 0 Å². The minimum atomic E-state index is 0.709. The second-order valence-corrected chi connectivity index (χ2v) is 11.4. The summed E-state index contributed by atoms with van der Waals surface area (Å²) in [5.41, 5.74) is 8.45. The van der Waals surface area contributed by atoms with Crippen molar-refractivity contribution in [3.63, 3.8) is 0 Å². The predicted molar refractivity (Wildman–Crippen MR) is 188 cm³/mol. The average molecular weight is 574 g/mol. The van der Waals surface area contributed by atoms with E-state index in [0.29, 0.717) is 5.82 Å². The zero-order valence-electron chi connectivity index (χ0n) is 24.4. The van der Waals surface area contributed by atoms with Crippen LogP contribution in [0.5, 0.6) is 0 Å². The molecule has 7 aromatic carbocycles. The molecule has 0 radical (unpaired) electrons. The molecule has 0 aliphatic rings. The zero-order chi connectivity index (χ0) is 29.7. The van der Waals surface area contributed by atoms with Crippen LogP contribution in [-0.4, -0.2) is 14.5 Å². The molecular formula is C42H27N3. The highest BCUT2D eigenvalue weighted by Crippen LogP contribution is 2.40. The number of hydrogen-bond acceptors (Lipinski definition) is 2. The van der Waals surface area contributed by atoms with E-state index in [1.165, 1.54) is 43.4 Å². The number of hydrogen-bond donors (Lipinski definition) is 0. The van der Waals surface area contributed by atoms with Gasteiger partial charge in [0.25, 0.3) is 0 Å². The summed E-state index contributed by atoms with van der Waals surface area (Å²) in [5.74, 6) is 0.709. The summed E-state index contributed by atoms with van der Waals surface area (Å²) in [6.45, 7) is 0. The van der Waals surface area contributed by atoms with E-state index in [4.69, 9.17) is 9.97 Å². The first-order valence-corrected chi connectivity index (χ1v) is 15.3. The Bertz CT molecular complexity index is 2450. The highest BCUT2D eigenvalue weighted by Gasteiger charge is 2.18. The number of aromatic nitrogens is 3. The molecule has 210 valence electrons. The van der Waals surface area contributed by atoms with E-state index in [9.17, 15) is 0 Å². The molecule has 3 nitrogen and oxygen atoms in total. The quantitative estimate of drug-likeness (QED) is 0.210. The standard InChI is InChI=1S/C42H27N3/c1-3-13-30(14-4-1)37-27-38(31-15-5-2-6-16-31)44-42(43-37)32-19-23-33(24-20-32)45-39-26-22-28-11-7-9-17-34(28)40(39)36-25-21-29-12-8-10-18-35(29)41(36)45/h1-27H. The van der Waals surface area contributed by atoms with Crippen molar-refractivity contribution in [2.75, 3.05) is 0 Å². The minimum Gasteiger partial charge on any atom is -0.309 e. The van der Waals surface area contributed by atoms with Gasteiger partial charge in [-0.1, -0.05) is 127 Å². The second-order valence-electron chi connectivity index (χ2n) is 11.4. The Kier molecular flexibility index (Phi) is 5.82. The summed E-state index contributed by atoms with van der Waals surface area (Å²) in [5, 5.41) is 7.53. The second kappa shape index (κ2) is 10.3. The minimum absolute atomic E-state index is 0.709. The maximum absolute atomic E-state index is 5.05. The van der Waals surface area contributed by atoms with Crippen LogP contribution in [0.2, 0.25) is 0 Å². The van der Waals surface area contributed by atoms with Gasteiger partial charge in [0.15, 0.2) is 5.82 Å². The van der Waals surface area contributed by atoms with E-state index in [0.717, 1.165) is 33.8 Å². The van der Waals surface area contributed by atoms with Crippen LogP contribution in [0.3, 0.4) is 0 Å². The summed E-state index contributed by atoms with van der Waals surface area (Å²) < 4.78 is 2.42. The molecule has 45 heavy (non-hydrogen) atoms. The lowest BCUT2D eigenvalue weighted by Crippen LogP contribution is -1.97. The molecule has 0 saturated heterocycles. The highest BCUT2D eigenvalue weighted by atomic mass is 15.0. The van der Waals surface area contributed by atoms with E-state index in [-0.39, 0.29) is 0 Å². The normalized spacial score (nSPS) is 11.6. The van der Waals surface area contributed by atoms with Crippen LogP contribution in [0.25, 0.3) is 82.9 Å². The smallest absolute Gasteiger partial charge is 0.160 e. The third kappa shape index (κ3) is 4.21. The lowest BCUT2D eigenvalue weighted by Gasteiger charge is -2.12. The lowest BCUT2D eigenvalue weighted by molar-refractivity contribution is 1.17. The molecule has 0 unspecified atom stereocenters. The van der Waals surface area contributed by atoms with Gasteiger partial charge < -0.3 is 4.57 Å². The Hall–Kier alpha value is -6.06. The Morgan fingerprint density at radius 3 is 1.62 bits per heavy atom. The summed E-state index contributed by atoms with van der Waals surface area (Å²) in [6.07, 6.45) is 0. The Balaban J connectivity index is 1.25. The number of benzene rings is 7. The van der Waals surface area contributed by atoms with Crippen molar-refractivity contribution in [3.8, 4) is 39.6 Å². The van der Waals surface area contributed by atoms with Crippen molar-refractivity contribution in [3.05, 3.63) is 164 Å². The van der Waals surface area contributed by atoms with Crippen molar-refractivity contribution >= 4 is 43.4 Å². The monoisotopic (exact) mass is 573 g/mol. The molecule has 0 spiro atoms. The topological polar surface area (TPSA) is 30.7 Å². The van der Waals surface area contributed by atoms with Crippen molar-refractivity contribution in [1.29, 1.82) is 0 Å². The fraction of sp³-hybridized carbons (Fsp3) is 0. The summed E-state index contributed by atoms with van der Waals surface area (Å²) >= 11 is 0. The predicted octanol–water partition coefficient (Wildman–Crippen LogP) is 10.9. The van der Waals surface area contributed by atoms with Crippen LogP contribution in [0.15, 0.2) is 164 Å². The van der Waals surface area contributed by atoms with Gasteiger partial charge >= 0.3 is 0 Å². The molecule has 3 heteroatoms. The van der Waals surface area contributed by atoms with Gasteiger partial charge in [0, 0.05) is 38.5 Å². The molecule has 0 aliphatic carbocycles. The van der Waals surface area contributed by atoms with E-state index < -0.39 is 0 Å². The molecule has 0 bridgehead atoms. The highest BCUT2D eigenvalue weighted by molar-refractivity contribution is 6.25. The molecule has 0 aliphatic heterocycles. The fourth-order valence-corrected chi connectivity index (χ4v) is 6.67. The molecule has 0 atom stereocenters. The number of fused-ring (bicyclic) bond motifs is 7. The van der Waals surface area contributed by atoms with E-state index in [1.54, 1.807) is 0 Å². The van der Waals surface area contributed by atoms with Crippen LogP contribution < -0.4 is 0 Å². The van der Waals surface area contributed by atoms with E-state index >= 15 is 0 Å². The first-order valence-electron chi connectivity index (χ1n) is 15.3. The van der Waals surface area contributed by atoms with Gasteiger partial charge in [-0.15, -0.1) is 0 Å². The number of rotatable bonds is 4. The number of nitrogens with zero attached hydrogens (tertiary/aromatic N) is 3. The SMILES string of the molecule is c1ccc(-c2cc(-c3ccccc3)nc(-c3ccc(-n4c5ccc6ccccc6c5c5ccc6ccccc6c54)cc3)n2)cc1. The van der Waals surface area contributed by atoms with Crippen LogP contribution in [0.1, 0.15) is 0 Å². The molecule has 2 aromatic heterocycles. The molecule has 2 heterocycles. The van der Waals surface area contributed by atoms with Gasteiger partial charge in [0.1, 0.15) is 0 Å². The Labute approximate surface area is 260 Å². The summed E-state index contributed by atoms with van der Waals surface area (Å²) in [4.78, 5) is 10.1. The molecule has 0 fully saturated rings. The van der Waals surface area contributed by atoms with Crippen molar-refractivity contribution in [2.24, 2.45) is 0 Å². The molecule has 9 aromatic rings.